The maximum Gasteiger partial charge on any atom is 0.152 e. The molecule has 0 spiro atoms. The van der Waals surface area contributed by atoms with Crippen molar-refractivity contribution in [1.82, 2.24) is 4.98 Å². The van der Waals surface area contributed by atoms with Crippen LogP contribution in [0.3, 0.4) is 0 Å². The molecule has 0 radical (unpaired) electrons. The Morgan fingerprint density at radius 3 is 2.80 bits per heavy atom. The van der Waals surface area contributed by atoms with Crippen molar-refractivity contribution in [3.8, 4) is 0 Å². The fraction of sp³-hybridized carbons (Fsp3) is 0.0714. The van der Waals surface area contributed by atoms with Crippen LogP contribution < -0.4 is 11.1 Å². The topological polar surface area (TPSA) is 50.9 Å². The smallest absolute Gasteiger partial charge is 0.152 e. The summed E-state index contributed by atoms with van der Waals surface area (Å²) in [5, 5.41) is 2.72. The number of hydrogen-bond donors (Lipinski definition) is 2. The quantitative estimate of drug-likeness (QED) is 0.695. The summed E-state index contributed by atoms with van der Waals surface area (Å²) >= 11 is 1.46. The van der Waals surface area contributed by atoms with Crippen molar-refractivity contribution >= 4 is 38.6 Å². The third-order valence-electron chi connectivity index (χ3n) is 3.09. The van der Waals surface area contributed by atoms with Crippen LogP contribution >= 0.6 is 11.3 Å². The first-order valence-corrected chi connectivity index (χ1v) is 6.79. The number of nitrogens with zero attached hydrogens (tertiary/aromatic N) is 1. The summed E-state index contributed by atoms with van der Waals surface area (Å²) in [6.07, 6.45) is 0. The van der Waals surface area contributed by atoms with E-state index >= 15 is 0 Å². The number of rotatable bonds is 2. The highest BCUT2D eigenvalue weighted by molar-refractivity contribution is 7.16. The largest absolute Gasteiger partial charge is 0.395 e. The highest BCUT2D eigenvalue weighted by Crippen LogP contribution is 2.33. The summed E-state index contributed by atoms with van der Waals surface area (Å²) in [6, 6.07) is 6.12. The lowest BCUT2D eigenvalue weighted by molar-refractivity contribution is 0.585. The number of fused-ring (bicyclic) bond motifs is 1. The minimum absolute atomic E-state index is 0.203. The van der Waals surface area contributed by atoms with Crippen molar-refractivity contribution in [3.63, 3.8) is 0 Å². The molecule has 0 fully saturated rings. The molecule has 3 N–H and O–H groups in total. The summed E-state index contributed by atoms with van der Waals surface area (Å²) in [7, 11) is 0. The van der Waals surface area contributed by atoms with Gasteiger partial charge in [0.25, 0.3) is 0 Å². The molecule has 0 aliphatic carbocycles. The number of thiazole rings is 1. The number of nitrogen functional groups attached to an aromatic ring is 1. The van der Waals surface area contributed by atoms with E-state index in [0.29, 0.717) is 22.5 Å². The molecule has 3 aromatic rings. The fourth-order valence-electron chi connectivity index (χ4n) is 1.97. The monoisotopic (exact) mass is 291 g/mol. The normalized spacial score (nSPS) is 10.9. The van der Waals surface area contributed by atoms with Crippen LogP contribution in [0.4, 0.5) is 25.8 Å². The lowest BCUT2D eigenvalue weighted by Crippen LogP contribution is -2.02. The first kappa shape index (κ1) is 12.8. The number of nitrogens with one attached hydrogen (secondary N) is 1. The van der Waals surface area contributed by atoms with E-state index in [1.54, 1.807) is 18.5 Å². The standard InChI is InChI=1S/C14H11F2N3S/c1-7-2-3-8(15)13(11(7)16)19-9-4-5-10-14(12(9)17)18-6-20-10/h2-6,19H,17H2,1H3. The Labute approximate surface area is 118 Å². The minimum atomic E-state index is -0.661. The Kier molecular flexibility index (Phi) is 3.02. The zero-order valence-electron chi connectivity index (χ0n) is 10.6. The van der Waals surface area contributed by atoms with Gasteiger partial charge in [0.2, 0.25) is 0 Å². The molecule has 0 aliphatic heterocycles. The van der Waals surface area contributed by atoms with Crippen LogP contribution in [-0.4, -0.2) is 4.98 Å². The Morgan fingerprint density at radius 2 is 2.00 bits per heavy atom. The Hall–Kier alpha value is -2.21. The zero-order chi connectivity index (χ0) is 14.3. The summed E-state index contributed by atoms with van der Waals surface area (Å²) < 4.78 is 28.7. The van der Waals surface area contributed by atoms with Crippen LogP contribution in [-0.2, 0) is 0 Å². The summed E-state index contributed by atoms with van der Waals surface area (Å²) in [6.45, 7) is 1.58. The van der Waals surface area contributed by atoms with E-state index in [1.165, 1.54) is 23.5 Å². The molecule has 2 aromatic carbocycles. The second kappa shape index (κ2) is 4.72. The summed E-state index contributed by atoms with van der Waals surface area (Å²) in [4.78, 5) is 4.15. The lowest BCUT2D eigenvalue weighted by atomic mass is 10.1. The fourth-order valence-corrected chi connectivity index (χ4v) is 2.66. The van der Waals surface area contributed by atoms with Gasteiger partial charge in [0, 0.05) is 0 Å². The van der Waals surface area contributed by atoms with Gasteiger partial charge in [-0.3, -0.25) is 0 Å². The maximum atomic E-state index is 14.0. The molecule has 0 aliphatic rings. The van der Waals surface area contributed by atoms with Gasteiger partial charge in [0.1, 0.15) is 17.0 Å². The number of aromatic nitrogens is 1. The van der Waals surface area contributed by atoms with Gasteiger partial charge in [0.15, 0.2) is 5.82 Å². The average Bonchev–Trinajstić information content (AvgIpc) is 2.91. The van der Waals surface area contributed by atoms with Crippen LogP contribution in [0.25, 0.3) is 10.2 Å². The van der Waals surface area contributed by atoms with Gasteiger partial charge in [-0.05, 0) is 30.7 Å². The number of aryl methyl sites for hydroxylation is 1. The van der Waals surface area contributed by atoms with E-state index in [2.05, 4.69) is 10.3 Å². The third-order valence-corrected chi connectivity index (χ3v) is 3.88. The molecule has 1 heterocycles. The van der Waals surface area contributed by atoms with Crippen molar-refractivity contribution in [1.29, 1.82) is 0 Å². The predicted octanol–water partition coefficient (Wildman–Crippen LogP) is 4.21. The highest BCUT2D eigenvalue weighted by Gasteiger charge is 2.14. The molecule has 3 rings (SSSR count). The first-order chi connectivity index (χ1) is 9.58. The second-order valence-electron chi connectivity index (χ2n) is 4.40. The van der Waals surface area contributed by atoms with Crippen molar-refractivity contribution in [2.75, 3.05) is 11.1 Å². The Morgan fingerprint density at radius 1 is 1.20 bits per heavy atom. The van der Waals surface area contributed by atoms with Crippen LogP contribution in [0.15, 0.2) is 29.8 Å². The second-order valence-corrected chi connectivity index (χ2v) is 5.29. The van der Waals surface area contributed by atoms with Gasteiger partial charge in [-0.25, -0.2) is 13.8 Å². The first-order valence-electron chi connectivity index (χ1n) is 5.91. The molecule has 0 atom stereocenters. The molecular formula is C14H11F2N3S. The van der Waals surface area contributed by atoms with Crippen LogP contribution in [0.2, 0.25) is 0 Å². The molecule has 102 valence electrons. The van der Waals surface area contributed by atoms with Gasteiger partial charge in [-0.2, -0.15) is 0 Å². The van der Waals surface area contributed by atoms with Crippen molar-refractivity contribution in [2.24, 2.45) is 0 Å². The van der Waals surface area contributed by atoms with E-state index in [9.17, 15) is 8.78 Å². The van der Waals surface area contributed by atoms with Gasteiger partial charge >= 0.3 is 0 Å². The molecule has 1 aromatic heterocycles. The maximum absolute atomic E-state index is 14.0. The van der Waals surface area contributed by atoms with Crippen LogP contribution in [0, 0.1) is 18.6 Å². The van der Waals surface area contributed by atoms with Gasteiger partial charge in [0.05, 0.1) is 21.6 Å². The minimum Gasteiger partial charge on any atom is -0.395 e. The van der Waals surface area contributed by atoms with E-state index < -0.39 is 11.6 Å². The average molecular weight is 291 g/mol. The summed E-state index contributed by atoms with van der Waals surface area (Å²) in [5.74, 6) is -1.28. The van der Waals surface area contributed by atoms with Crippen LogP contribution in [0.1, 0.15) is 5.56 Å². The van der Waals surface area contributed by atoms with Gasteiger partial charge in [-0.15, -0.1) is 11.3 Å². The Balaban J connectivity index is 2.10. The van der Waals surface area contributed by atoms with E-state index in [4.69, 9.17) is 5.73 Å². The predicted molar refractivity (Wildman–Crippen MR) is 78.4 cm³/mol. The molecule has 0 amide bonds. The van der Waals surface area contributed by atoms with E-state index in [-0.39, 0.29) is 5.69 Å². The van der Waals surface area contributed by atoms with Crippen molar-refractivity contribution < 1.29 is 8.78 Å². The number of benzene rings is 2. The van der Waals surface area contributed by atoms with E-state index in [0.717, 1.165) is 4.70 Å². The Bertz CT molecular complexity index is 798. The molecule has 0 saturated carbocycles. The van der Waals surface area contributed by atoms with Crippen molar-refractivity contribution in [3.05, 3.63) is 47.0 Å². The third kappa shape index (κ3) is 1.98. The van der Waals surface area contributed by atoms with Gasteiger partial charge < -0.3 is 11.1 Å². The highest BCUT2D eigenvalue weighted by atomic mass is 32.1. The number of anilines is 3. The molecule has 0 bridgehead atoms. The van der Waals surface area contributed by atoms with E-state index in [1.807, 2.05) is 6.07 Å². The lowest BCUT2D eigenvalue weighted by Gasteiger charge is -2.12. The number of halogens is 2. The molecule has 6 heteroatoms. The molecule has 20 heavy (non-hydrogen) atoms. The van der Waals surface area contributed by atoms with Crippen LogP contribution in [0.5, 0.6) is 0 Å². The summed E-state index contributed by atoms with van der Waals surface area (Å²) in [5.41, 5.74) is 9.27. The molecular weight excluding hydrogens is 280 g/mol. The van der Waals surface area contributed by atoms with Crippen molar-refractivity contribution in [2.45, 2.75) is 6.92 Å². The molecule has 3 nitrogen and oxygen atoms in total. The SMILES string of the molecule is Cc1ccc(F)c(Nc2ccc3scnc3c2N)c1F. The number of hydrogen-bond acceptors (Lipinski definition) is 4. The molecule has 0 unspecified atom stereocenters. The molecule has 0 saturated heterocycles. The van der Waals surface area contributed by atoms with Gasteiger partial charge in [-0.1, -0.05) is 6.07 Å². The number of nitrogens with two attached hydrogens (primary N) is 1. The zero-order valence-corrected chi connectivity index (χ0v) is 11.4.